The van der Waals surface area contributed by atoms with Gasteiger partial charge in [-0.15, -0.1) is 11.3 Å². The molecule has 1 rings (SSSR count). The maximum atomic E-state index is 9.67. The van der Waals surface area contributed by atoms with Crippen LogP contribution < -0.4 is 5.32 Å². The van der Waals surface area contributed by atoms with Crippen molar-refractivity contribution in [3.63, 3.8) is 0 Å². The van der Waals surface area contributed by atoms with E-state index in [1.165, 1.54) is 4.88 Å². The van der Waals surface area contributed by atoms with Gasteiger partial charge >= 0.3 is 0 Å². The largest absolute Gasteiger partial charge is 0.390 e. The van der Waals surface area contributed by atoms with E-state index in [1.807, 2.05) is 19.0 Å². The van der Waals surface area contributed by atoms with Crippen molar-refractivity contribution in [3.8, 4) is 0 Å². The molecule has 2 unspecified atom stereocenters. The van der Waals surface area contributed by atoms with Crippen molar-refractivity contribution < 1.29 is 5.11 Å². The highest BCUT2D eigenvalue weighted by Crippen LogP contribution is 2.17. The van der Waals surface area contributed by atoms with Crippen LogP contribution in [0.3, 0.4) is 0 Å². The van der Waals surface area contributed by atoms with Crippen molar-refractivity contribution in [1.29, 1.82) is 0 Å². The van der Waals surface area contributed by atoms with Gasteiger partial charge in [0, 0.05) is 24.0 Å². The smallest absolute Gasteiger partial charge is 0.0791 e. The van der Waals surface area contributed by atoms with Gasteiger partial charge in [0.2, 0.25) is 0 Å². The lowest BCUT2D eigenvalue weighted by atomic mass is 10.2. The van der Waals surface area contributed by atoms with E-state index >= 15 is 0 Å². The molecule has 3 nitrogen and oxygen atoms in total. The molecule has 0 aromatic carbocycles. The summed E-state index contributed by atoms with van der Waals surface area (Å²) in [7, 11) is 3.93. The first-order valence-electron chi connectivity index (χ1n) is 5.19. The van der Waals surface area contributed by atoms with Crippen LogP contribution in [0, 0.1) is 0 Å². The number of rotatable bonds is 6. The highest BCUT2D eigenvalue weighted by Gasteiger charge is 2.09. The van der Waals surface area contributed by atoms with Gasteiger partial charge in [-0.25, -0.2) is 0 Å². The Kier molecular flexibility index (Phi) is 5.25. The molecule has 0 amide bonds. The van der Waals surface area contributed by atoms with E-state index in [0.717, 1.165) is 0 Å². The molecule has 0 saturated carbocycles. The van der Waals surface area contributed by atoms with E-state index in [2.05, 4.69) is 29.8 Å². The molecule has 1 heterocycles. The molecule has 0 spiro atoms. The maximum Gasteiger partial charge on any atom is 0.0791 e. The third kappa shape index (κ3) is 4.75. The fourth-order valence-electron chi connectivity index (χ4n) is 1.44. The van der Waals surface area contributed by atoms with Gasteiger partial charge in [-0.05, 0) is 32.5 Å². The van der Waals surface area contributed by atoms with Crippen molar-refractivity contribution in [2.45, 2.75) is 19.1 Å². The predicted molar refractivity (Wildman–Crippen MR) is 65.3 cm³/mol. The average molecular weight is 228 g/mol. The van der Waals surface area contributed by atoms with Gasteiger partial charge in [-0.2, -0.15) is 0 Å². The Labute approximate surface area is 95.7 Å². The Bertz CT molecular complexity index is 262. The number of aliphatic hydroxyl groups is 1. The van der Waals surface area contributed by atoms with Crippen LogP contribution in [0.1, 0.15) is 17.8 Å². The molecule has 0 radical (unpaired) electrons. The number of nitrogens with zero attached hydrogens (tertiary/aromatic N) is 1. The fraction of sp³-hybridized carbons (Fsp3) is 0.636. The lowest BCUT2D eigenvalue weighted by Crippen LogP contribution is -2.35. The summed E-state index contributed by atoms with van der Waals surface area (Å²) in [6, 6.07) is 4.48. The van der Waals surface area contributed by atoms with Crippen LogP contribution in [0.5, 0.6) is 0 Å². The van der Waals surface area contributed by atoms with E-state index in [1.54, 1.807) is 11.3 Å². The number of aliphatic hydroxyl groups excluding tert-OH is 1. The minimum absolute atomic E-state index is 0.303. The molecule has 86 valence electrons. The summed E-state index contributed by atoms with van der Waals surface area (Å²) in [6.07, 6.45) is -0.303. The van der Waals surface area contributed by atoms with Gasteiger partial charge in [-0.3, -0.25) is 0 Å². The van der Waals surface area contributed by atoms with Gasteiger partial charge < -0.3 is 15.3 Å². The molecule has 2 atom stereocenters. The molecule has 0 bridgehead atoms. The normalized spacial score (nSPS) is 15.5. The van der Waals surface area contributed by atoms with Crippen LogP contribution >= 0.6 is 11.3 Å². The maximum absolute atomic E-state index is 9.67. The number of hydrogen-bond donors (Lipinski definition) is 2. The molecule has 4 heteroatoms. The van der Waals surface area contributed by atoms with Crippen LogP contribution in [-0.2, 0) is 0 Å². The second-order valence-corrected chi connectivity index (χ2v) is 5.04. The summed E-state index contributed by atoms with van der Waals surface area (Å²) < 4.78 is 0. The Morgan fingerprint density at radius 3 is 2.80 bits per heavy atom. The van der Waals surface area contributed by atoms with Gasteiger partial charge in [0.1, 0.15) is 0 Å². The zero-order valence-electron chi connectivity index (χ0n) is 9.60. The Morgan fingerprint density at radius 2 is 2.27 bits per heavy atom. The average Bonchev–Trinajstić information content (AvgIpc) is 2.65. The van der Waals surface area contributed by atoms with E-state index in [-0.39, 0.29) is 6.10 Å². The molecule has 0 aliphatic carbocycles. The van der Waals surface area contributed by atoms with Crippen molar-refractivity contribution >= 4 is 11.3 Å². The third-order valence-corrected chi connectivity index (χ3v) is 3.26. The van der Waals surface area contributed by atoms with E-state index in [9.17, 15) is 5.11 Å². The Morgan fingerprint density at radius 1 is 1.53 bits per heavy atom. The Hall–Kier alpha value is -0.420. The first kappa shape index (κ1) is 12.6. The Balaban J connectivity index is 2.25. The summed E-state index contributed by atoms with van der Waals surface area (Å²) >= 11 is 1.74. The molecule has 0 aliphatic rings. The summed E-state index contributed by atoms with van der Waals surface area (Å²) in [5.74, 6) is 0. The molecule has 1 aromatic rings. The summed E-state index contributed by atoms with van der Waals surface area (Å²) in [5.41, 5.74) is 0. The number of nitrogens with one attached hydrogen (secondary N) is 1. The number of thiophene rings is 1. The van der Waals surface area contributed by atoms with Gasteiger partial charge in [0.25, 0.3) is 0 Å². The van der Waals surface area contributed by atoms with Crippen molar-refractivity contribution in [2.24, 2.45) is 0 Å². The number of likely N-dealkylation sites (N-methyl/N-ethyl adjacent to an activating group) is 1. The van der Waals surface area contributed by atoms with E-state index < -0.39 is 0 Å². The minimum atomic E-state index is -0.303. The molecule has 2 N–H and O–H groups in total. The van der Waals surface area contributed by atoms with Crippen molar-refractivity contribution in [1.82, 2.24) is 10.2 Å². The molecule has 0 saturated heterocycles. The van der Waals surface area contributed by atoms with Crippen LogP contribution in [-0.4, -0.2) is 43.3 Å². The van der Waals surface area contributed by atoms with Gasteiger partial charge in [0.05, 0.1) is 6.10 Å². The predicted octanol–water partition coefficient (Wildman–Crippen LogP) is 1.32. The standard InChI is InChI=1S/C11H20N2OS/c1-9(11-5-4-6-15-11)12-7-10(14)8-13(2)3/h4-6,9-10,12,14H,7-8H2,1-3H3. The summed E-state index contributed by atoms with van der Waals surface area (Å²) in [4.78, 5) is 3.30. The second-order valence-electron chi connectivity index (χ2n) is 4.06. The molecule has 0 aliphatic heterocycles. The van der Waals surface area contributed by atoms with Gasteiger partial charge in [0.15, 0.2) is 0 Å². The summed E-state index contributed by atoms with van der Waals surface area (Å²) in [5, 5.41) is 15.1. The van der Waals surface area contributed by atoms with Crippen LogP contribution in [0.25, 0.3) is 0 Å². The zero-order chi connectivity index (χ0) is 11.3. The first-order chi connectivity index (χ1) is 7.09. The highest BCUT2D eigenvalue weighted by atomic mass is 32.1. The monoisotopic (exact) mass is 228 g/mol. The highest BCUT2D eigenvalue weighted by molar-refractivity contribution is 7.10. The first-order valence-corrected chi connectivity index (χ1v) is 6.07. The lowest BCUT2D eigenvalue weighted by Gasteiger charge is -2.19. The molecule has 15 heavy (non-hydrogen) atoms. The number of hydrogen-bond acceptors (Lipinski definition) is 4. The van der Waals surface area contributed by atoms with E-state index in [0.29, 0.717) is 19.1 Å². The quantitative estimate of drug-likeness (QED) is 0.771. The zero-order valence-corrected chi connectivity index (χ0v) is 10.4. The molecular formula is C11H20N2OS. The van der Waals surface area contributed by atoms with Crippen molar-refractivity contribution in [3.05, 3.63) is 22.4 Å². The second kappa shape index (κ2) is 6.23. The molecular weight excluding hydrogens is 208 g/mol. The van der Waals surface area contributed by atoms with E-state index in [4.69, 9.17) is 0 Å². The molecule has 1 aromatic heterocycles. The SMILES string of the molecule is CC(NCC(O)CN(C)C)c1cccs1. The van der Waals surface area contributed by atoms with Gasteiger partial charge in [-0.1, -0.05) is 6.07 Å². The van der Waals surface area contributed by atoms with Crippen LogP contribution in [0.4, 0.5) is 0 Å². The summed E-state index contributed by atoms with van der Waals surface area (Å²) in [6.45, 7) is 3.45. The lowest BCUT2D eigenvalue weighted by molar-refractivity contribution is 0.132. The minimum Gasteiger partial charge on any atom is -0.390 e. The topological polar surface area (TPSA) is 35.5 Å². The molecule has 0 fully saturated rings. The van der Waals surface area contributed by atoms with Crippen molar-refractivity contribution in [2.75, 3.05) is 27.2 Å². The van der Waals surface area contributed by atoms with Crippen LogP contribution in [0.2, 0.25) is 0 Å². The fourth-order valence-corrected chi connectivity index (χ4v) is 2.20. The third-order valence-electron chi connectivity index (χ3n) is 2.21. The van der Waals surface area contributed by atoms with Crippen LogP contribution in [0.15, 0.2) is 17.5 Å².